The van der Waals surface area contributed by atoms with Gasteiger partial charge in [0, 0.05) is 19.3 Å². The SMILES string of the molecule is CC/C=C\C/C=C\C/C=C\C/C=C\CCCCCC(=O)OCC(COC(=O)CCCCCCC/C=C\C=C/CCCCCCCCC)OC(=O)CCCCCCC/C=C\C=C/CCCCCCCCC. The Balaban J connectivity index is 4.50. The van der Waals surface area contributed by atoms with Crippen molar-refractivity contribution in [1.82, 2.24) is 0 Å². The van der Waals surface area contributed by atoms with Gasteiger partial charge in [0.25, 0.3) is 0 Å². The molecule has 6 nitrogen and oxygen atoms in total. The number of hydrogen-bond acceptors (Lipinski definition) is 6. The van der Waals surface area contributed by atoms with Crippen molar-refractivity contribution in [2.45, 2.75) is 277 Å². The van der Waals surface area contributed by atoms with Crippen molar-refractivity contribution in [3.05, 3.63) is 97.2 Å². The highest BCUT2D eigenvalue weighted by Gasteiger charge is 2.19. The topological polar surface area (TPSA) is 78.9 Å². The molecular formula is C64H108O6. The average molecular weight is 974 g/mol. The van der Waals surface area contributed by atoms with Crippen LogP contribution in [-0.4, -0.2) is 37.2 Å². The highest BCUT2D eigenvalue weighted by Crippen LogP contribution is 2.14. The third-order valence-electron chi connectivity index (χ3n) is 12.3. The fraction of sp³-hybridized carbons (Fsp3) is 0.703. The summed E-state index contributed by atoms with van der Waals surface area (Å²) in [6.07, 6.45) is 76.8. The molecule has 0 aliphatic rings. The van der Waals surface area contributed by atoms with E-state index in [1.165, 1.54) is 103 Å². The Hall–Kier alpha value is -3.67. The molecule has 1 unspecified atom stereocenters. The molecule has 0 heterocycles. The van der Waals surface area contributed by atoms with E-state index in [0.717, 1.165) is 128 Å². The average Bonchev–Trinajstić information content (AvgIpc) is 3.36. The van der Waals surface area contributed by atoms with Crippen molar-refractivity contribution >= 4 is 17.9 Å². The zero-order valence-corrected chi connectivity index (χ0v) is 45.8. The number of carbonyl (C=O) groups is 3. The minimum atomic E-state index is -0.807. The molecule has 0 spiro atoms. The Morgan fingerprint density at radius 3 is 0.971 bits per heavy atom. The van der Waals surface area contributed by atoms with Crippen LogP contribution in [0.4, 0.5) is 0 Å². The van der Waals surface area contributed by atoms with Gasteiger partial charge in [-0.3, -0.25) is 14.4 Å². The molecule has 0 aliphatic heterocycles. The second-order valence-electron chi connectivity index (χ2n) is 19.2. The molecule has 0 aromatic heterocycles. The molecule has 0 amide bonds. The van der Waals surface area contributed by atoms with Gasteiger partial charge >= 0.3 is 17.9 Å². The zero-order valence-electron chi connectivity index (χ0n) is 45.8. The molecule has 0 bridgehead atoms. The molecule has 400 valence electrons. The summed E-state index contributed by atoms with van der Waals surface area (Å²) in [5.74, 6) is -0.960. The molecule has 70 heavy (non-hydrogen) atoms. The van der Waals surface area contributed by atoms with Gasteiger partial charge in [0.1, 0.15) is 13.2 Å². The van der Waals surface area contributed by atoms with E-state index in [-0.39, 0.29) is 31.1 Å². The molecule has 0 saturated carbocycles. The maximum Gasteiger partial charge on any atom is 0.306 e. The van der Waals surface area contributed by atoms with E-state index in [4.69, 9.17) is 14.2 Å². The highest BCUT2D eigenvalue weighted by atomic mass is 16.6. The van der Waals surface area contributed by atoms with Gasteiger partial charge in [0.2, 0.25) is 0 Å². The Labute approximate surface area is 432 Å². The predicted molar refractivity (Wildman–Crippen MR) is 302 cm³/mol. The Bertz CT molecular complexity index is 1400. The normalized spacial score (nSPS) is 12.8. The van der Waals surface area contributed by atoms with E-state index >= 15 is 0 Å². The standard InChI is InChI=1S/C64H108O6/c1-4-7-10-13-16-19-22-25-28-31-33-36-39-42-45-48-51-54-57-63(66)69-60-61(59-68-62(65)56-53-50-47-44-41-38-35-30-27-24-21-18-15-12-9-6-3)70-64(67)58-55-52-49-46-43-40-37-34-32-29-26-23-20-17-14-11-8-5-2/h9,12,18,21,27-34,36-38,41,61H,4-8,10-11,13-17,19-20,22-26,35,39-40,42-60H2,1-3H3/b12-9-,21-18-,30-27-,31-28-,32-29-,36-33-,37-34-,41-38-. The molecule has 0 rings (SSSR count). The van der Waals surface area contributed by atoms with E-state index in [0.29, 0.717) is 19.3 Å². The monoisotopic (exact) mass is 973 g/mol. The van der Waals surface area contributed by atoms with Gasteiger partial charge in [-0.25, -0.2) is 0 Å². The summed E-state index contributed by atoms with van der Waals surface area (Å²) in [6.45, 7) is 6.47. The van der Waals surface area contributed by atoms with Gasteiger partial charge in [0.15, 0.2) is 6.10 Å². The number of allylic oxidation sites excluding steroid dienone is 16. The van der Waals surface area contributed by atoms with Crippen LogP contribution in [-0.2, 0) is 28.6 Å². The lowest BCUT2D eigenvalue weighted by atomic mass is 10.1. The van der Waals surface area contributed by atoms with E-state index in [9.17, 15) is 14.4 Å². The van der Waals surface area contributed by atoms with Crippen LogP contribution in [0, 0.1) is 0 Å². The number of ether oxygens (including phenoxy) is 3. The van der Waals surface area contributed by atoms with Gasteiger partial charge in [-0.1, -0.05) is 240 Å². The molecule has 1 atom stereocenters. The summed E-state index contributed by atoms with van der Waals surface area (Å²) >= 11 is 0. The first-order chi connectivity index (χ1) is 34.5. The largest absolute Gasteiger partial charge is 0.462 e. The number of esters is 3. The second kappa shape index (κ2) is 57.9. The maximum atomic E-state index is 12.9. The number of carbonyl (C=O) groups excluding carboxylic acids is 3. The van der Waals surface area contributed by atoms with Gasteiger partial charge < -0.3 is 14.2 Å². The van der Waals surface area contributed by atoms with Gasteiger partial charge in [0.05, 0.1) is 0 Å². The maximum absolute atomic E-state index is 12.9. The van der Waals surface area contributed by atoms with Crippen LogP contribution in [0.15, 0.2) is 97.2 Å². The first-order valence-electron chi connectivity index (χ1n) is 29.3. The Kier molecular flexibility index (Phi) is 54.9. The molecule has 0 fully saturated rings. The molecule has 0 aliphatic carbocycles. The lowest BCUT2D eigenvalue weighted by Gasteiger charge is -2.18. The fourth-order valence-electron chi connectivity index (χ4n) is 7.94. The Morgan fingerprint density at radius 2 is 0.600 bits per heavy atom. The van der Waals surface area contributed by atoms with E-state index in [1.807, 2.05) is 0 Å². The summed E-state index contributed by atoms with van der Waals surface area (Å²) in [5.41, 5.74) is 0. The molecule has 6 heteroatoms. The molecule has 0 radical (unpaired) electrons. The van der Waals surface area contributed by atoms with Crippen LogP contribution in [0.5, 0.6) is 0 Å². The predicted octanol–water partition coefficient (Wildman–Crippen LogP) is 19.7. The van der Waals surface area contributed by atoms with Crippen LogP contribution < -0.4 is 0 Å². The lowest BCUT2D eigenvalue weighted by molar-refractivity contribution is -0.167. The lowest BCUT2D eigenvalue weighted by Crippen LogP contribution is -2.30. The van der Waals surface area contributed by atoms with Crippen molar-refractivity contribution in [2.75, 3.05) is 13.2 Å². The smallest absolute Gasteiger partial charge is 0.306 e. The van der Waals surface area contributed by atoms with E-state index < -0.39 is 6.10 Å². The number of hydrogen-bond donors (Lipinski definition) is 0. The first-order valence-corrected chi connectivity index (χ1v) is 29.3. The van der Waals surface area contributed by atoms with Crippen molar-refractivity contribution in [1.29, 1.82) is 0 Å². The van der Waals surface area contributed by atoms with Crippen LogP contribution in [0.1, 0.15) is 271 Å². The summed E-state index contributed by atoms with van der Waals surface area (Å²) in [7, 11) is 0. The highest BCUT2D eigenvalue weighted by molar-refractivity contribution is 5.71. The van der Waals surface area contributed by atoms with Gasteiger partial charge in [-0.15, -0.1) is 0 Å². The number of unbranched alkanes of at least 4 members (excludes halogenated alkanes) is 27. The van der Waals surface area contributed by atoms with Crippen molar-refractivity contribution in [2.24, 2.45) is 0 Å². The Morgan fingerprint density at radius 1 is 0.314 bits per heavy atom. The molecular weight excluding hydrogens is 865 g/mol. The van der Waals surface area contributed by atoms with Crippen LogP contribution >= 0.6 is 0 Å². The summed E-state index contributed by atoms with van der Waals surface area (Å²) in [5, 5.41) is 0. The van der Waals surface area contributed by atoms with Crippen LogP contribution in [0.3, 0.4) is 0 Å². The van der Waals surface area contributed by atoms with Crippen molar-refractivity contribution in [3.63, 3.8) is 0 Å². The van der Waals surface area contributed by atoms with Gasteiger partial charge in [-0.05, 0) is 109 Å². The fourth-order valence-corrected chi connectivity index (χ4v) is 7.94. The summed E-state index contributed by atoms with van der Waals surface area (Å²) in [4.78, 5) is 38.2. The number of rotatable bonds is 52. The van der Waals surface area contributed by atoms with Crippen molar-refractivity contribution in [3.8, 4) is 0 Å². The molecule has 0 N–H and O–H groups in total. The quantitative estimate of drug-likeness (QED) is 0.0199. The van der Waals surface area contributed by atoms with Crippen LogP contribution in [0.2, 0.25) is 0 Å². The third-order valence-corrected chi connectivity index (χ3v) is 12.3. The van der Waals surface area contributed by atoms with Crippen LogP contribution in [0.25, 0.3) is 0 Å². The van der Waals surface area contributed by atoms with E-state index in [2.05, 4.69) is 118 Å². The van der Waals surface area contributed by atoms with Gasteiger partial charge in [-0.2, -0.15) is 0 Å². The molecule has 0 saturated heterocycles. The third kappa shape index (κ3) is 55.3. The van der Waals surface area contributed by atoms with E-state index in [1.54, 1.807) is 0 Å². The zero-order chi connectivity index (χ0) is 50.7. The molecule has 0 aromatic carbocycles. The first kappa shape index (κ1) is 66.3. The minimum absolute atomic E-state index is 0.103. The minimum Gasteiger partial charge on any atom is -0.462 e. The summed E-state index contributed by atoms with van der Waals surface area (Å²) < 4.78 is 16.8. The summed E-state index contributed by atoms with van der Waals surface area (Å²) in [6, 6.07) is 0. The molecule has 0 aromatic rings. The van der Waals surface area contributed by atoms with Crippen molar-refractivity contribution < 1.29 is 28.6 Å². The second-order valence-corrected chi connectivity index (χ2v) is 19.2.